The van der Waals surface area contributed by atoms with Gasteiger partial charge in [0, 0.05) is 28.7 Å². The van der Waals surface area contributed by atoms with Crippen LogP contribution in [0.1, 0.15) is 5.56 Å². The van der Waals surface area contributed by atoms with Gasteiger partial charge in [-0.1, -0.05) is 11.6 Å². The molecule has 88 valence electrons. The first-order valence-electron chi connectivity index (χ1n) is 4.92. The average molecular weight is 269 g/mol. The van der Waals surface area contributed by atoms with Gasteiger partial charge in [-0.2, -0.15) is 0 Å². The summed E-state index contributed by atoms with van der Waals surface area (Å²) in [7, 11) is 0. The highest BCUT2D eigenvalue weighted by Gasteiger charge is 2.03. The van der Waals surface area contributed by atoms with E-state index in [4.69, 9.17) is 17.3 Å². The van der Waals surface area contributed by atoms with E-state index in [2.05, 4.69) is 4.98 Å². The van der Waals surface area contributed by atoms with Crippen molar-refractivity contribution < 1.29 is 4.39 Å². The lowest BCUT2D eigenvalue weighted by Crippen LogP contribution is -1.88. The minimum atomic E-state index is -0.326. The Labute approximate surface area is 108 Å². The van der Waals surface area contributed by atoms with Crippen LogP contribution in [0, 0.1) is 5.82 Å². The molecule has 2 N–H and O–H groups in total. The quantitative estimate of drug-likeness (QED) is 0.681. The number of nitrogen functional groups attached to an aromatic ring is 1. The predicted molar refractivity (Wildman–Crippen MR) is 69.6 cm³/mol. The second-order valence-electron chi connectivity index (χ2n) is 3.48. The maximum absolute atomic E-state index is 13.1. The van der Waals surface area contributed by atoms with Crippen LogP contribution >= 0.6 is 23.4 Å². The lowest BCUT2D eigenvalue weighted by Gasteiger charge is -2.05. The van der Waals surface area contributed by atoms with Gasteiger partial charge in [0.15, 0.2) is 0 Å². The largest absolute Gasteiger partial charge is 0.399 e. The van der Waals surface area contributed by atoms with Gasteiger partial charge < -0.3 is 5.73 Å². The van der Waals surface area contributed by atoms with Crippen LogP contribution in [0.4, 0.5) is 10.1 Å². The number of hydrogen-bond donors (Lipinski definition) is 1. The third kappa shape index (κ3) is 3.35. The molecule has 0 aliphatic heterocycles. The molecule has 0 fully saturated rings. The number of hydrogen-bond acceptors (Lipinski definition) is 3. The third-order valence-electron chi connectivity index (χ3n) is 2.14. The van der Waals surface area contributed by atoms with E-state index < -0.39 is 0 Å². The Morgan fingerprint density at radius 1 is 1.35 bits per heavy atom. The smallest absolute Gasteiger partial charge is 0.126 e. The first-order valence-corrected chi connectivity index (χ1v) is 6.29. The van der Waals surface area contributed by atoms with Crippen LogP contribution in [0.3, 0.4) is 0 Å². The van der Waals surface area contributed by atoms with Crippen LogP contribution in [-0.2, 0) is 5.75 Å². The van der Waals surface area contributed by atoms with E-state index in [-0.39, 0.29) is 5.82 Å². The van der Waals surface area contributed by atoms with E-state index in [0.717, 1.165) is 10.5 Å². The molecule has 0 unspecified atom stereocenters. The van der Waals surface area contributed by atoms with E-state index in [1.54, 1.807) is 18.5 Å². The molecule has 0 spiro atoms. The second kappa shape index (κ2) is 5.38. The second-order valence-corrected chi connectivity index (χ2v) is 4.93. The summed E-state index contributed by atoms with van der Waals surface area (Å²) < 4.78 is 13.1. The first-order chi connectivity index (χ1) is 8.15. The monoisotopic (exact) mass is 268 g/mol. The number of anilines is 1. The fourth-order valence-electron chi connectivity index (χ4n) is 1.35. The molecule has 0 saturated carbocycles. The maximum Gasteiger partial charge on any atom is 0.126 e. The summed E-state index contributed by atoms with van der Waals surface area (Å²) in [5, 5.41) is 0.615. The Balaban J connectivity index is 2.10. The first kappa shape index (κ1) is 12.2. The molecule has 5 heteroatoms. The highest BCUT2D eigenvalue weighted by molar-refractivity contribution is 7.98. The van der Waals surface area contributed by atoms with Crippen molar-refractivity contribution in [3.05, 3.63) is 53.1 Å². The van der Waals surface area contributed by atoms with Crippen molar-refractivity contribution in [2.45, 2.75) is 10.6 Å². The van der Waals surface area contributed by atoms with Crippen LogP contribution in [-0.4, -0.2) is 4.98 Å². The van der Waals surface area contributed by atoms with Gasteiger partial charge in [-0.25, -0.2) is 4.39 Å². The van der Waals surface area contributed by atoms with Gasteiger partial charge >= 0.3 is 0 Å². The van der Waals surface area contributed by atoms with Gasteiger partial charge in [0.05, 0.1) is 5.02 Å². The van der Waals surface area contributed by atoms with Crippen molar-refractivity contribution in [3.8, 4) is 0 Å². The van der Waals surface area contributed by atoms with Crippen LogP contribution in [0.15, 0.2) is 41.6 Å². The fraction of sp³-hybridized carbons (Fsp3) is 0.0833. The standard InChI is InChI=1S/C12H10ClFN2S/c13-12-6-16-2-1-8(12)7-17-11-4-9(14)3-10(15)5-11/h1-6H,7,15H2. The predicted octanol–water partition coefficient (Wildman–Crippen LogP) is 3.75. The number of aromatic nitrogens is 1. The molecule has 0 amide bonds. The summed E-state index contributed by atoms with van der Waals surface area (Å²) in [5.41, 5.74) is 6.96. The Hall–Kier alpha value is -1.26. The summed E-state index contributed by atoms with van der Waals surface area (Å²) >= 11 is 7.46. The number of thioether (sulfide) groups is 1. The molecule has 0 radical (unpaired) electrons. The Morgan fingerprint density at radius 2 is 2.18 bits per heavy atom. The molecule has 2 rings (SSSR count). The molecule has 1 aromatic carbocycles. The average Bonchev–Trinajstić information content (AvgIpc) is 2.27. The maximum atomic E-state index is 13.1. The van der Waals surface area contributed by atoms with E-state index in [9.17, 15) is 4.39 Å². The molecule has 0 aliphatic rings. The van der Waals surface area contributed by atoms with Gasteiger partial charge in [-0.15, -0.1) is 11.8 Å². The van der Waals surface area contributed by atoms with Gasteiger partial charge in [0.1, 0.15) is 5.82 Å². The van der Waals surface area contributed by atoms with E-state index >= 15 is 0 Å². The summed E-state index contributed by atoms with van der Waals surface area (Å²) in [6.07, 6.45) is 3.28. The van der Waals surface area contributed by atoms with Crippen LogP contribution in [0.5, 0.6) is 0 Å². The normalized spacial score (nSPS) is 10.5. The van der Waals surface area contributed by atoms with E-state index in [0.29, 0.717) is 16.5 Å². The highest BCUT2D eigenvalue weighted by atomic mass is 35.5. The summed E-state index contributed by atoms with van der Waals surface area (Å²) in [6.45, 7) is 0. The zero-order valence-corrected chi connectivity index (χ0v) is 10.4. The molecule has 1 aromatic heterocycles. The lowest BCUT2D eigenvalue weighted by atomic mass is 10.3. The van der Waals surface area contributed by atoms with E-state index in [1.807, 2.05) is 6.07 Å². The molecule has 0 atom stereocenters. The third-order valence-corrected chi connectivity index (χ3v) is 3.51. The summed E-state index contributed by atoms with van der Waals surface area (Å²) in [4.78, 5) is 4.69. The zero-order valence-electron chi connectivity index (χ0n) is 8.86. The van der Waals surface area contributed by atoms with Gasteiger partial charge in [0.25, 0.3) is 0 Å². The van der Waals surface area contributed by atoms with Crippen LogP contribution in [0.25, 0.3) is 0 Å². The number of nitrogens with two attached hydrogens (primary N) is 1. The molecule has 2 nitrogen and oxygen atoms in total. The van der Waals surface area contributed by atoms with Crippen molar-refractivity contribution >= 4 is 29.1 Å². The fourth-order valence-corrected chi connectivity index (χ4v) is 2.60. The van der Waals surface area contributed by atoms with Gasteiger partial charge in [-0.05, 0) is 29.8 Å². The molecular weight excluding hydrogens is 259 g/mol. The topological polar surface area (TPSA) is 38.9 Å². The minimum absolute atomic E-state index is 0.326. The van der Waals surface area contributed by atoms with E-state index in [1.165, 1.54) is 23.9 Å². The Bertz CT molecular complexity index is 513. The molecular formula is C12H10ClFN2S. The SMILES string of the molecule is Nc1cc(F)cc(SCc2ccncc2Cl)c1. The molecule has 17 heavy (non-hydrogen) atoms. The molecule has 0 aliphatic carbocycles. The van der Waals surface area contributed by atoms with Crippen molar-refractivity contribution in [3.63, 3.8) is 0 Å². The van der Waals surface area contributed by atoms with Crippen molar-refractivity contribution in [2.24, 2.45) is 0 Å². The van der Waals surface area contributed by atoms with Crippen LogP contribution < -0.4 is 5.73 Å². The van der Waals surface area contributed by atoms with Crippen LogP contribution in [0.2, 0.25) is 5.02 Å². The van der Waals surface area contributed by atoms with Crippen molar-refractivity contribution in [1.29, 1.82) is 0 Å². The number of benzene rings is 1. The minimum Gasteiger partial charge on any atom is -0.399 e. The molecule has 2 aromatic rings. The highest BCUT2D eigenvalue weighted by Crippen LogP contribution is 2.27. The molecule has 0 saturated heterocycles. The number of pyridine rings is 1. The van der Waals surface area contributed by atoms with Gasteiger partial charge in [0.2, 0.25) is 0 Å². The van der Waals surface area contributed by atoms with Crippen molar-refractivity contribution in [1.82, 2.24) is 4.98 Å². The Kier molecular flexibility index (Phi) is 3.86. The molecule has 0 bridgehead atoms. The van der Waals surface area contributed by atoms with Crippen molar-refractivity contribution in [2.75, 3.05) is 5.73 Å². The lowest BCUT2D eigenvalue weighted by molar-refractivity contribution is 0.625. The number of nitrogens with zero attached hydrogens (tertiary/aromatic N) is 1. The number of rotatable bonds is 3. The summed E-state index contributed by atoms with van der Waals surface area (Å²) in [5.74, 6) is 0.331. The molecule has 1 heterocycles. The number of halogens is 2. The zero-order chi connectivity index (χ0) is 12.3. The Morgan fingerprint density at radius 3 is 2.88 bits per heavy atom. The summed E-state index contributed by atoms with van der Waals surface area (Å²) in [6, 6.07) is 6.33. The van der Waals surface area contributed by atoms with Gasteiger partial charge in [-0.3, -0.25) is 4.98 Å².